The van der Waals surface area contributed by atoms with Gasteiger partial charge in [-0.1, -0.05) is 30.3 Å². The number of rotatable bonds is 7. The van der Waals surface area contributed by atoms with E-state index < -0.39 is 0 Å². The lowest BCUT2D eigenvalue weighted by Gasteiger charge is -2.13. The van der Waals surface area contributed by atoms with Gasteiger partial charge >= 0.3 is 0 Å². The average Bonchev–Trinajstić information content (AvgIpc) is 3.12. The zero-order valence-corrected chi connectivity index (χ0v) is 13.2. The zero-order valence-electron chi connectivity index (χ0n) is 13.2. The first-order valence-corrected chi connectivity index (χ1v) is 7.81. The Morgan fingerprint density at radius 1 is 1.23 bits per heavy atom. The highest BCUT2D eigenvalue weighted by Crippen LogP contribution is 2.18. The summed E-state index contributed by atoms with van der Waals surface area (Å²) < 4.78 is 5.29. The number of likely N-dealkylation sites (N-methyl/N-ethyl adjacent to an activating group) is 1. The van der Waals surface area contributed by atoms with E-state index in [9.17, 15) is 0 Å². The molecule has 0 aliphatic carbocycles. The molecule has 0 aliphatic rings. The molecule has 3 rings (SSSR count). The number of benzene rings is 1. The first-order valence-electron chi connectivity index (χ1n) is 7.81. The van der Waals surface area contributed by atoms with Crippen LogP contribution in [0.5, 0.6) is 0 Å². The summed E-state index contributed by atoms with van der Waals surface area (Å²) in [6.45, 7) is 3.76. The van der Waals surface area contributed by atoms with Crippen molar-refractivity contribution in [1.29, 1.82) is 0 Å². The van der Waals surface area contributed by atoms with Gasteiger partial charge in [0.25, 0.3) is 0 Å². The second-order valence-corrected chi connectivity index (χ2v) is 5.70. The second-order valence-electron chi connectivity index (χ2n) is 5.70. The summed E-state index contributed by atoms with van der Waals surface area (Å²) in [7, 11) is 2.08. The van der Waals surface area contributed by atoms with Crippen LogP contribution in [0.1, 0.15) is 30.6 Å². The fraction of sp³-hybridized carbons (Fsp3) is 0.412. The van der Waals surface area contributed by atoms with Crippen molar-refractivity contribution in [3.05, 3.63) is 47.7 Å². The van der Waals surface area contributed by atoms with Crippen LogP contribution < -0.4 is 0 Å². The monoisotopic (exact) mass is 298 g/mol. The van der Waals surface area contributed by atoms with Gasteiger partial charge in [0.1, 0.15) is 0 Å². The third-order valence-electron chi connectivity index (χ3n) is 3.83. The van der Waals surface area contributed by atoms with Gasteiger partial charge in [-0.15, -0.1) is 0 Å². The van der Waals surface area contributed by atoms with E-state index in [0.29, 0.717) is 12.4 Å². The summed E-state index contributed by atoms with van der Waals surface area (Å²) in [5, 5.41) is 5.30. The summed E-state index contributed by atoms with van der Waals surface area (Å²) >= 11 is 0. The molecular formula is C17H22N4O. The van der Waals surface area contributed by atoms with Gasteiger partial charge in [0, 0.05) is 30.1 Å². The van der Waals surface area contributed by atoms with Crippen molar-refractivity contribution in [1.82, 2.24) is 20.0 Å². The van der Waals surface area contributed by atoms with Crippen LogP contribution in [0, 0.1) is 0 Å². The van der Waals surface area contributed by atoms with E-state index in [1.165, 1.54) is 16.5 Å². The molecule has 2 heterocycles. The minimum atomic E-state index is 0.694. The van der Waals surface area contributed by atoms with Crippen LogP contribution in [0.4, 0.5) is 0 Å². The molecule has 1 aromatic carbocycles. The molecule has 2 aromatic heterocycles. The van der Waals surface area contributed by atoms with Gasteiger partial charge in [0.2, 0.25) is 5.89 Å². The predicted octanol–water partition coefficient (Wildman–Crippen LogP) is 3.18. The number of fused-ring (bicyclic) bond motifs is 1. The number of nitrogens with one attached hydrogen (secondary N) is 1. The normalized spacial score (nSPS) is 11.6. The van der Waals surface area contributed by atoms with Gasteiger partial charge in [-0.25, -0.2) is 0 Å². The van der Waals surface area contributed by atoms with Gasteiger partial charge in [0.15, 0.2) is 5.82 Å². The lowest BCUT2D eigenvalue weighted by atomic mass is 10.1. The van der Waals surface area contributed by atoms with Gasteiger partial charge < -0.3 is 9.51 Å². The fourth-order valence-electron chi connectivity index (χ4n) is 2.64. The molecule has 3 aromatic rings. The minimum absolute atomic E-state index is 0.694. The fourth-order valence-corrected chi connectivity index (χ4v) is 2.64. The molecule has 0 spiro atoms. The maximum Gasteiger partial charge on any atom is 0.240 e. The Labute approximate surface area is 130 Å². The van der Waals surface area contributed by atoms with Crippen LogP contribution >= 0.6 is 0 Å². The molecule has 0 bridgehead atoms. The third-order valence-corrected chi connectivity index (χ3v) is 3.83. The van der Waals surface area contributed by atoms with Crippen LogP contribution in [0.3, 0.4) is 0 Å². The number of para-hydroxylation sites is 1. The molecule has 1 N–H and O–H groups in total. The van der Waals surface area contributed by atoms with Crippen molar-refractivity contribution >= 4 is 10.9 Å². The number of aromatic amines is 1. The van der Waals surface area contributed by atoms with Crippen LogP contribution in [-0.2, 0) is 19.4 Å². The van der Waals surface area contributed by atoms with Crippen molar-refractivity contribution in [3.8, 4) is 0 Å². The van der Waals surface area contributed by atoms with Crippen LogP contribution in [0.15, 0.2) is 35.0 Å². The second kappa shape index (κ2) is 6.75. The quantitative estimate of drug-likeness (QED) is 0.728. The van der Waals surface area contributed by atoms with Gasteiger partial charge in [-0.05, 0) is 31.5 Å². The smallest absolute Gasteiger partial charge is 0.240 e. The minimum Gasteiger partial charge on any atom is -0.361 e. The highest BCUT2D eigenvalue weighted by atomic mass is 16.5. The molecular weight excluding hydrogens is 276 g/mol. The number of hydrogen-bond donors (Lipinski definition) is 1. The summed E-state index contributed by atoms with van der Waals surface area (Å²) in [5.41, 5.74) is 2.54. The van der Waals surface area contributed by atoms with Crippen LogP contribution in [0.25, 0.3) is 10.9 Å². The largest absolute Gasteiger partial charge is 0.361 e. The molecule has 0 unspecified atom stereocenters. The molecule has 0 radical (unpaired) electrons. The van der Waals surface area contributed by atoms with E-state index in [1.54, 1.807) is 0 Å². The lowest BCUT2D eigenvalue weighted by molar-refractivity contribution is 0.268. The predicted molar refractivity (Wildman–Crippen MR) is 86.6 cm³/mol. The maximum atomic E-state index is 5.29. The van der Waals surface area contributed by atoms with Crippen LogP contribution in [-0.4, -0.2) is 33.6 Å². The SMILES string of the molecule is CCCc1noc(CN(C)CCc2c[nH]c3ccccc23)n1. The average molecular weight is 298 g/mol. The maximum absolute atomic E-state index is 5.29. The van der Waals surface area contributed by atoms with Gasteiger partial charge in [-0.3, -0.25) is 4.90 Å². The molecule has 0 saturated carbocycles. The zero-order chi connectivity index (χ0) is 15.4. The molecule has 5 nitrogen and oxygen atoms in total. The number of nitrogens with zero attached hydrogens (tertiary/aromatic N) is 3. The van der Waals surface area contributed by atoms with E-state index >= 15 is 0 Å². The summed E-state index contributed by atoms with van der Waals surface area (Å²) in [4.78, 5) is 9.94. The molecule has 5 heteroatoms. The van der Waals surface area contributed by atoms with Crippen molar-refractivity contribution in [3.63, 3.8) is 0 Å². The first-order chi connectivity index (χ1) is 10.8. The molecule has 22 heavy (non-hydrogen) atoms. The number of aromatic nitrogens is 3. The topological polar surface area (TPSA) is 58.0 Å². The molecule has 0 atom stereocenters. The standard InChI is InChI=1S/C17H22N4O/c1-3-6-16-19-17(22-20-16)12-21(2)10-9-13-11-18-15-8-5-4-7-14(13)15/h4-5,7-8,11,18H,3,6,9-10,12H2,1-2H3. The molecule has 0 aliphatic heterocycles. The van der Waals surface area contributed by atoms with Crippen molar-refractivity contribution in [2.75, 3.05) is 13.6 Å². The Morgan fingerprint density at radius 3 is 2.95 bits per heavy atom. The number of H-pyrrole nitrogens is 1. The summed E-state index contributed by atoms with van der Waals surface area (Å²) in [5.74, 6) is 1.51. The summed E-state index contributed by atoms with van der Waals surface area (Å²) in [6, 6.07) is 8.40. The van der Waals surface area contributed by atoms with E-state index in [4.69, 9.17) is 4.52 Å². The highest BCUT2D eigenvalue weighted by molar-refractivity contribution is 5.83. The first kappa shape index (κ1) is 14.8. The van der Waals surface area contributed by atoms with Crippen molar-refractivity contribution < 1.29 is 4.52 Å². The Balaban J connectivity index is 1.56. The van der Waals surface area contributed by atoms with E-state index in [-0.39, 0.29) is 0 Å². The summed E-state index contributed by atoms with van der Waals surface area (Å²) in [6.07, 6.45) is 5.01. The van der Waals surface area contributed by atoms with Gasteiger partial charge in [-0.2, -0.15) is 4.98 Å². The van der Waals surface area contributed by atoms with E-state index in [1.807, 2.05) is 0 Å². The molecule has 116 valence electrons. The van der Waals surface area contributed by atoms with Gasteiger partial charge in [0.05, 0.1) is 6.54 Å². The molecule has 0 saturated heterocycles. The lowest BCUT2D eigenvalue weighted by Crippen LogP contribution is -2.20. The Hall–Kier alpha value is -2.14. The Kier molecular flexibility index (Phi) is 4.53. The molecule has 0 fully saturated rings. The van der Waals surface area contributed by atoms with E-state index in [2.05, 4.69) is 64.5 Å². The Morgan fingerprint density at radius 2 is 2.09 bits per heavy atom. The van der Waals surface area contributed by atoms with Crippen molar-refractivity contribution in [2.24, 2.45) is 0 Å². The number of aryl methyl sites for hydroxylation is 1. The molecule has 0 amide bonds. The van der Waals surface area contributed by atoms with Crippen LogP contribution in [0.2, 0.25) is 0 Å². The Bertz CT molecular complexity index is 731. The van der Waals surface area contributed by atoms with Crippen molar-refractivity contribution in [2.45, 2.75) is 32.7 Å². The number of hydrogen-bond acceptors (Lipinski definition) is 4. The third kappa shape index (κ3) is 3.36. The van der Waals surface area contributed by atoms with E-state index in [0.717, 1.165) is 31.6 Å². The highest BCUT2D eigenvalue weighted by Gasteiger charge is 2.10.